The van der Waals surface area contributed by atoms with Crippen molar-refractivity contribution in [2.75, 3.05) is 19.6 Å². The molecular formula is C15H18BrN3O. The molecule has 0 saturated carbocycles. The fourth-order valence-electron chi connectivity index (χ4n) is 2.34. The predicted molar refractivity (Wildman–Crippen MR) is 81.4 cm³/mol. The van der Waals surface area contributed by atoms with Crippen LogP contribution in [-0.2, 0) is 0 Å². The molecule has 0 aromatic heterocycles. The molecule has 2 rings (SSSR count). The maximum atomic E-state index is 12.2. The summed E-state index contributed by atoms with van der Waals surface area (Å²) in [6.07, 6.45) is 1.81. The first-order chi connectivity index (χ1) is 9.60. The van der Waals surface area contributed by atoms with Crippen LogP contribution in [0.2, 0.25) is 0 Å². The second-order valence-corrected chi connectivity index (χ2v) is 6.00. The van der Waals surface area contributed by atoms with Gasteiger partial charge in [0.15, 0.2) is 0 Å². The Balaban J connectivity index is 1.89. The number of piperidine rings is 1. The maximum absolute atomic E-state index is 12.2. The van der Waals surface area contributed by atoms with Gasteiger partial charge in [-0.2, -0.15) is 5.26 Å². The predicted octanol–water partition coefficient (Wildman–Crippen LogP) is 2.48. The summed E-state index contributed by atoms with van der Waals surface area (Å²) in [7, 11) is 0. The number of aryl methyl sites for hydroxylation is 1. The van der Waals surface area contributed by atoms with Crippen molar-refractivity contribution in [1.29, 1.82) is 5.26 Å². The van der Waals surface area contributed by atoms with Gasteiger partial charge in [-0.3, -0.25) is 9.69 Å². The van der Waals surface area contributed by atoms with Gasteiger partial charge in [0.05, 0.1) is 12.6 Å². The molecule has 4 nitrogen and oxygen atoms in total. The van der Waals surface area contributed by atoms with E-state index in [1.807, 2.05) is 25.1 Å². The lowest BCUT2D eigenvalue weighted by Gasteiger charge is -2.30. The number of carbonyl (C=O) groups excluding carboxylic acids is 1. The van der Waals surface area contributed by atoms with Crippen LogP contribution in [0.1, 0.15) is 28.8 Å². The molecule has 1 fully saturated rings. The highest BCUT2D eigenvalue weighted by Gasteiger charge is 2.20. The van der Waals surface area contributed by atoms with Gasteiger partial charge in [0.2, 0.25) is 0 Å². The van der Waals surface area contributed by atoms with Gasteiger partial charge < -0.3 is 5.32 Å². The van der Waals surface area contributed by atoms with Gasteiger partial charge in [0.25, 0.3) is 5.91 Å². The van der Waals surface area contributed by atoms with Gasteiger partial charge in [0.1, 0.15) is 0 Å². The molecule has 1 N–H and O–H groups in total. The third-order valence-electron chi connectivity index (χ3n) is 3.65. The molecular weight excluding hydrogens is 318 g/mol. The van der Waals surface area contributed by atoms with Crippen molar-refractivity contribution in [2.24, 2.45) is 0 Å². The van der Waals surface area contributed by atoms with Crippen molar-refractivity contribution >= 4 is 21.8 Å². The number of benzene rings is 1. The fraction of sp³-hybridized carbons (Fsp3) is 0.467. The molecule has 0 aliphatic carbocycles. The summed E-state index contributed by atoms with van der Waals surface area (Å²) in [4.78, 5) is 14.3. The molecule has 0 spiro atoms. The Kier molecular flexibility index (Phi) is 5.16. The van der Waals surface area contributed by atoms with Gasteiger partial charge in [-0.15, -0.1) is 0 Å². The van der Waals surface area contributed by atoms with Crippen LogP contribution >= 0.6 is 15.9 Å². The summed E-state index contributed by atoms with van der Waals surface area (Å²) < 4.78 is 0.953. The zero-order valence-electron chi connectivity index (χ0n) is 11.5. The lowest BCUT2D eigenvalue weighted by molar-refractivity contribution is 0.0914. The summed E-state index contributed by atoms with van der Waals surface area (Å²) in [5, 5.41) is 11.7. The number of halogens is 1. The van der Waals surface area contributed by atoms with Crippen LogP contribution in [-0.4, -0.2) is 36.5 Å². The maximum Gasteiger partial charge on any atom is 0.251 e. The molecule has 5 heteroatoms. The van der Waals surface area contributed by atoms with E-state index in [2.05, 4.69) is 32.2 Å². The monoisotopic (exact) mass is 335 g/mol. The molecule has 106 valence electrons. The number of likely N-dealkylation sites (tertiary alicyclic amines) is 1. The van der Waals surface area contributed by atoms with Gasteiger partial charge >= 0.3 is 0 Å². The zero-order valence-corrected chi connectivity index (χ0v) is 13.1. The molecule has 0 unspecified atom stereocenters. The molecule has 1 aromatic carbocycles. The SMILES string of the molecule is Cc1ccc(C(=O)NC2CCN(CC#N)CC2)cc1Br. The molecule has 0 atom stereocenters. The van der Waals surface area contributed by atoms with E-state index in [-0.39, 0.29) is 11.9 Å². The normalized spacial score (nSPS) is 16.6. The van der Waals surface area contributed by atoms with Crippen LogP contribution < -0.4 is 5.32 Å². The summed E-state index contributed by atoms with van der Waals surface area (Å²) in [6.45, 7) is 4.22. The van der Waals surface area contributed by atoms with E-state index in [0.717, 1.165) is 36.0 Å². The number of amides is 1. The van der Waals surface area contributed by atoms with Crippen molar-refractivity contribution in [2.45, 2.75) is 25.8 Å². The Morgan fingerprint density at radius 2 is 2.20 bits per heavy atom. The zero-order chi connectivity index (χ0) is 14.5. The first-order valence-corrected chi connectivity index (χ1v) is 7.56. The number of hydrogen-bond donors (Lipinski definition) is 1. The fourth-order valence-corrected chi connectivity index (χ4v) is 2.72. The number of rotatable bonds is 3. The molecule has 1 amide bonds. The van der Waals surface area contributed by atoms with Crippen molar-refractivity contribution in [1.82, 2.24) is 10.2 Å². The second kappa shape index (κ2) is 6.87. The largest absolute Gasteiger partial charge is 0.349 e. The van der Waals surface area contributed by atoms with Crippen LogP contribution in [0.25, 0.3) is 0 Å². The van der Waals surface area contributed by atoms with Crippen LogP contribution in [0.5, 0.6) is 0 Å². The number of nitrogens with one attached hydrogen (secondary N) is 1. The van der Waals surface area contributed by atoms with E-state index < -0.39 is 0 Å². The minimum atomic E-state index is -0.0237. The third-order valence-corrected chi connectivity index (χ3v) is 4.51. The first kappa shape index (κ1) is 15.0. The van der Waals surface area contributed by atoms with Gasteiger partial charge in [-0.05, 0) is 37.5 Å². The number of hydrogen-bond acceptors (Lipinski definition) is 3. The van der Waals surface area contributed by atoms with E-state index in [1.54, 1.807) is 0 Å². The smallest absolute Gasteiger partial charge is 0.251 e. The van der Waals surface area contributed by atoms with Crippen molar-refractivity contribution in [3.8, 4) is 6.07 Å². The van der Waals surface area contributed by atoms with Crippen LogP contribution in [0.4, 0.5) is 0 Å². The molecule has 1 aromatic rings. The molecule has 1 aliphatic rings. The average Bonchev–Trinajstić information content (AvgIpc) is 2.44. The molecule has 1 heterocycles. The topological polar surface area (TPSA) is 56.1 Å². The van der Waals surface area contributed by atoms with E-state index >= 15 is 0 Å². The van der Waals surface area contributed by atoms with E-state index in [9.17, 15) is 4.79 Å². The quantitative estimate of drug-likeness (QED) is 0.863. The van der Waals surface area contributed by atoms with E-state index in [1.165, 1.54) is 0 Å². The standard InChI is InChI=1S/C15H18BrN3O/c1-11-2-3-12(10-14(11)16)15(20)18-13-4-7-19(8-5-13)9-6-17/h2-3,10,13H,4-5,7-9H2,1H3,(H,18,20). The summed E-state index contributed by atoms with van der Waals surface area (Å²) >= 11 is 3.45. The number of carbonyl (C=O) groups is 1. The molecule has 20 heavy (non-hydrogen) atoms. The Hall–Kier alpha value is -1.38. The molecule has 0 radical (unpaired) electrons. The summed E-state index contributed by atoms with van der Waals surface area (Å²) in [5.74, 6) is -0.0237. The van der Waals surface area contributed by atoms with Gasteiger partial charge in [-0.25, -0.2) is 0 Å². The van der Waals surface area contributed by atoms with Crippen molar-refractivity contribution in [3.63, 3.8) is 0 Å². The average molecular weight is 336 g/mol. The first-order valence-electron chi connectivity index (χ1n) is 6.76. The summed E-state index contributed by atoms with van der Waals surface area (Å²) in [6, 6.07) is 8.01. The van der Waals surface area contributed by atoms with Crippen LogP contribution in [0.3, 0.4) is 0 Å². The minimum absolute atomic E-state index is 0.0237. The Morgan fingerprint density at radius 1 is 1.50 bits per heavy atom. The highest BCUT2D eigenvalue weighted by molar-refractivity contribution is 9.10. The molecule has 0 bridgehead atoms. The van der Waals surface area contributed by atoms with Crippen molar-refractivity contribution < 1.29 is 4.79 Å². The third kappa shape index (κ3) is 3.81. The van der Waals surface area contributed by atoms with Crippen LogP contribution in [0.15, 0.2) is 22.7 Å². The highest BCUT2D eigenvalue weighted by atomic mass is 79.9. The second-order valence-electron chi connectivity index (χ2n) is 5.15. The van der Waals surface area contributed by atoms with Crippen molar-refractivity contribution in [3.05, 3.63) is 33.8 Å². The Bertz CT molecular complexity index is 530. The van der Waals surface area contributed by atoms with E-state index in [0.29, 0.717) is 12.1 Å². The van der Waals surface area contributed by atoms with Gasteiger partial charge in [-0.1, -0.05) is 22.0 Å². The lowest BCUT2D eigenvalue weighted by atomic mass is 10.0. The lowest BCUT2D eigenvalue weighted by Crippen LogP contribution is -2.44. The van der Waals surface area contributed by atoms with E-state index in [4.69, 9.17) is 5.26 Å². The van der Waals surface area contributed by atoms with Crippen LogP contribution in [0, 0.1) is 18.3 Å². The highest BCUT2D eigenvalue weighted by Crippen LogP contribution is 2.18. The Morgan fingerprint density at radius 3 is 2.80 bits per heavy atom. The Labute approximate surface area is 127 Å². The number of nitrogens with zero attached hydrogens (tertiary/aromatic N) is 2. The molecule has 1 aliphatic heterocycles. The number of nitriles is 1. The minimum Gasteiger partial charge on any atom is -0.349 e. The summed E-state index contributed by atoms with van der Waals surface area (Å²) in [5.41, 5.74) is 1.80. The molecule has 1 saturated heterocycles. The van der Waals surface area contributed by atoms with Gasteiger partial charge in [0, 0.05) is 29.2 Å².